The van der Waals surface area contributed by atoms with Crippen molar-refractivity contribution in [1.29, 1.82) is 5.26 Å². The van der Waals surface area contributed by atoms with Crippen molar-refractivity contribution in [3.63, 3.8) is 0 Å². The average Bonchev–Trinajstić information content (AvgIpc) is 2.13. The third-order valence-corrected chi connectivity index (χ3v) is 1.68. The van der Waals surface area contributed by atoms with Gasteiger partial charge in [-0.25, -0.2) is 0 Å². The van der Waals surface area contributed by atoms with Crippen LogP contribution in [-0.2, 0) is 9.31 Å². The van der Waals surface area contributed by atoms with E-state index in [2.05, 4.69) is 6.07 Å². The summed E-state index contributed by atoms with van der Waals surface area (Å²) in [6, 6.07) is 2.12. The van der Waals surface area contributed by atoms with Gasteiger partial charge in [-0.1, -0.05) is 6.42 Å². The maximum atomic E-state index is 8.33. The second kappa shape index (κ2) is 9.56. The van der Waals surface area contributed by atoms with Crippen molar-refractivity contribution in [2.24, 2.45) is 0 Å². The summed E-state index contributed by atoms with van der Waals surface area (Å²) in [4.78, 5) is 0. The first-order valence-electron chi connectivity index (χ1n) is 4.95. The molecule has 74 valence electrons. The topological polar surface area (TPSA) is 42.2 Å². The molecule has 0 radical (unpaired) electrons. The van der Waals surface area contributed by atoms with Crippen LogP contribution in [0.1, 0.15) is 33.1 Å². The first-order valence-corrected chi connectivity index (χ1v) is 4.95. The summed E-state index contributed by atoms with van der Waals surface area (Å²) in [5.74, 6) is 0. The smallest absolute Gasteiger partial charge is 0.411 e. The molecule has 0 rings (SSSR count). The average molecular weight is 183 g/mol. The Labute approximate surface area is 81.2 Å². The molecule has 0 aliphatic carbocycles. The first-order chi connectivity index (χ1) is 6.35. The SMILES string of the molecule is CCOB(CCCCC#N)OCC. The minimum atomic E-state index is -0.0753. The summed E-state index contributed by atoms with van der Waals surface area (Å²) < 4.78 is 10.7. The third-order valence-electron chi connectivity index (χ3n) is 1.68. The monoisotopic (exact) mass is 183 g/mol. The standard InChI is InChI=1S/C9H18BNO2/c1-3-12-10(13-4-2)8-6-5-7-9-11/h3-8H2,1-2H3. The number of nitrogens with zero attached hydrogens (tertiary/aromatic N) is 1. The molecule has 0 aliphatic heterocycles. The molecule has 0 unspecified atom stereocenters. The lowest BCUT2D eigenvalue weighted by molar-refractivity contribution is 0.212. The highest BCUT2D eigenvalue weighted by atomic mass is 16.6. The van der Waals surface area contributed by atoms with E-state index in [-0.39, 0.29) is 7.12 Å². The number of rotatable bonds is 8. The van der Waals surface area contributed by atoms with Gasteiger partial charge in [-0.05, 0) is 26.6 Å². The van der Waals surface area contributed by atoms with E-state index in [1.165, 1.54) is 0 Å². The maximum Gasteiger partial charge on any atom is 0.456 e. The minimum absolute atomic E-state index is 0.0753. The van der Waals surface area contributed by atoms with Gasteiger partial charge in [-0.3, -0.25) is 0 Å². The second-order valence-electron chi connectivity index (χ2n) is 2.74. The summed E-state index contributed by atoms with van der Waals surface area (Å²) in [5, 5.41) is 8.33. The predicted molar refractivity (Wildman–Crippen MR) is 53.3 cm³/mol. The van der Waals surface area contributed by atoms with E-state index in [1.54, 1.807) is 0 Å². The van der Waals surface area contributed by atoms with Gasteiger partial charge in [0.05, 0.1) is 6.07 Å². The predicted octanol–water partition coefficient (Wildman–Crippen LogP) is 2.24. The molecule has 13 heavy (non-hydrogen) atoms. The molecule has 4 heteroatoms. The normalized spacial score (nSPS) is 9.62. The zero-order valence-corrected chi connectivity index (χ0v) is 8.58. The van der Waals surface area contributed by atoms with Gasteiger partial charge in [-0.15, -0.1) is 0 Å². The van der Waals surface area contributed by atoms with Crippen LogP contribution >= 0.6 is 0 Å². The Hall–Kier alpha value is -0.525. The first kappa shape index (κ1) is 12.5. The third kappa shape index (κ3) is 7.82. The second-order valence-corrected chi connectivity index (χ2v) is 2.74. The molecule has 0 aliphatic rings. The van der Waals surface area contributed by atoms with Crippen molar-refractivity contribution in [3.8, 4) is 6.07 Å². The van der Waals surface area contributed by atoms with Crippen molar-refractivity contribution in [1.82, 2.24) is 0 Å². The van der Waals surface area contributed by atoms with Crippen LogP contribution in [0.3, 0.4) is 0 Å². The van der Waals surface area contributed by atoms with Crippen molar-refractivity contribution >= 4 is 7.12 Å². The Kier molecular flexibility index (Phi) is 9.18. The van der Waals surface area contributed by atoms with Crippen molar-refractivity contribution in [3.05, 3.63) is 0 Å². The van der Waals surface area contributed by atoms with Gasteiger partial charge in [-0.2, -0.15) is 5.26 Å². The van der Waals surface area contributed by atoms with Crippen LogP contribution in [0, 0.1) is 11.3 Å². The Bertz CT molecular complexity index is 141. The molecule has 0 saturated carbocycles. The lowest BCUT2D eigenvalue weighted by Gasteiger charge is -2.11. The lowest BCUT2D eigenvalue weighted by atomic mass is 9.82. The Morgan fingerprint density at radius 2 is 1.77 bits per heavy atom. The van der Waals surface area contributed by atoms with Crippen LogP contribution < -0.4 is 0 Å². The molecule has 0 atom stereocenters. The fraction of sp³-hybridized carbons (Fsp3) is 0.889. The van der Waals surface area contributed by atoms with E-state index in [0.29, 0.717) is 19.6 Å². The number of hydrogen-bond donors (Lipinski definition) is 0. The summed E-state index contributed by atoms with van der Waals surface area (Å²) in [6.45, 7) is 5.29. The summed E-state index contributed by atoms with van der Waals surface area (Å²) in [6.07, 6.45) is 3.46. The van der Waals surface area contributed by atoms with Gasteiger partial charge in [0.2, 0.25) is 0 Å². The highest BCUT2D eigenvalue weighted by molar-refractivity contribution is 6.44. The Morgan fingerprint density at radius 3 is 2.23 bits per heavy atom. The zero-order valence-electron chi connectivity index (χ0n) is 8.58. The zero-order chi connectivity index (χ0) is 9.94. The highest BCUT2D eigenvalue weighted by Gasteiger charge is 2.15. The molecule has 0 amide bonds. The molecule has 0 aromatic rings. The number of hydrogen-bond acceptors (Lipinski definition) is 3. The van der Waals surface area contributed by atoms with Crippen LogP contribution in [0.4, 0.5) is 0 Å². The molecular weight excluding hydrogens is 165 g/mol. The number of unbranched alkanes of at least 4 members (excludes halogenated alkanes) is 2. The van der Waals surface area contributed by atoms with Crippen LogP contribution in [0.2, 0.25) is 6.32 Å². The van der Waals surface area contributed by atoms with Gasteiger partial charge >= 0.3 is 7.12 Å². The summed E-state index contributed by atoms with van der Waals surface area (Å²) >= 11 is 0. The highest BCUT2D eigenvalue weighted by Crippen LogP contribution is 2.06. The molecule has 0 aromatic heterocycles. The van der Waals surface area contributed by atoms with Crippen molar-refractivity contribution in [2.45, 2.75) is 39.4 Å². The van der Waals surface area contributed by atoms with Gasteiger partial charge < -0.3 is 9.31 Å². The van der Waals surface area contributed by atoms with Crippen LogP contribution in [0.5, 0.6) is 0 Å². The van der Waals surface area contributed by atoms with Crippen molar-refractivity contribution in [2.75, 3.05) is 13.2 Å². The molecule has 0 spiro atoms. The van der Waals surface area contributed by atoms with E-state index >= 15 is 0 Å². The molecular formula is C9H18BNO2. The molecule has 0 saturated heterocycles. The molecule has 0 fully saturated rings. The molecule has 0 heterocycles. The van der Waals surface area contributed by atoms with Crippen LogP contribution in [-0.4, -0.2) is 20.3 Å². The van der Waals surface area contributed by atoms with E-state index in [1.807, 2.05) is 13.8 Å². The van der Waals surface area contributed by atoms with E-state index in [0.717, 1.165) is 19.2 Å². The largest absolute Gasteiger partial charge is 0.456 e. The van der Waals surface area contributed by atoms with E-state index in [4.69, 9.17) is 14.6 Å². The summed E-state index contributed by atoms with van der Waals surface area (Å²) in [7, 11) is -0.0753. The van der Waals surface area contributed by atoms with Gasteiger partial charge in [0.1, 0.15) is 0 Å². The molecule has 3 nitrogen and oxygen atoms in total. The van der Waals surface area contributed by atoms with E-state index < -0.39 is 0 Å². The quantitative estimate of drug-likeness (QED) is 0.428. The molecule has 0 aromatic carbocycles. The van der Waals surface area contributed by atoms with Gasteiger partial charge in [0.15, 0.2) is 0 Å². The maximum absolute atomic E-state index is 8.33. The van der Waals surface area contributed by atoms with Gasteiger partial charge in [0, 0.05) is 19.6 Å². The van der Waals surface area contributed by atoms with Crippen molar-refractivity contribution < 1.29 is 9.31 Å². The molecule has 0 N–H and O–H groups in total. The van der Waals surface area contributed by atoms with Gasteiger partial charge in [0.25, 0.3) is 0 Å². The fourth-order valence-electron chi connectivity index (χ4n) is 1.10. The Morgan fingerprint density at radius 1 is 1.15 bits per heavy atom. The van der Waals surface area contributed by atoms with E-state index in [9.17, 15) is 0 Å². The Balaban J connectivity index is 3.39. The minimum Gasteiger partial charge on any atom is -0.411 e. The molecule has 0 bridgehead atoms. The number of nitriles is 1. The lowest BCUT2D eigenvalue weighted by Crippen LogP contribution is -2.22. The van der Waals surface area contributed by atoms with Crippen LogP contribution in [0.15, 0.2) is 0 Å². The van der Waals surface area contributed by atoms with Crippen LogP contribution in [0.25, 0.3) is 0 Å². The summed E-state index contributed by atoms with van der Waals surface area (Å²) in [5.41, 5.74) is 0. The fourth-order valence-corrected chi connectivity index (χ4v) is 1.10.